The van der Waals surface area contributed by atoms with Gasteiger partial charge in [0.1, 0.15) is 17.7 Å². The molecule has 0 aliphatic carbocycles. The highest BCUT2D eigenvalue weighted by Gasteiger charge is 2.61. The van der Waals surface area contributed by atoms with Crippen molar-refractivity contribution in [2.45, 2.75) is 78.9 Å². The van der Waals surface area contributed by atoms with E-state index in [0.717, 1.165) is 31.5 Å². The third kappa shape index (κ3) is 9.30. The number of likely N-dealkylation sites (tertiary alicyclic amines) is 1. The molecule has 1 fully saturated rings. The van der Waals surface area contributed by atoms with Crippen molar-refractivity contribution >= 4 is 52.6 Å². The number of hydrogen-bond donors (Lipinski definition) is 4. The van der Waals surface area contributed by atoms with Gasteiger partial charge in [-0.3, -0.25) is 14.2 Å². The molecule has 2 aromatic carbocycles. The first kappa shape index (κ1) is 40.4. The number of benzene rings is 2. The summed E-state index contributed by atoms with van der Waals surface area (Å²) in [5, 5.41) is 6.86. The molecule has 2 aromatic heterocycles. The normalized spacial score (nSPS) is 15.9. The number of halogens is 2. The van der Waals surface area contributed by atoms with Gasteiger partial charge in [-0.1, -0.05) is 41.5 Å². The van der Waals surface area contributed by atoms with Crippen molar-refractivity contribution < 1.29 is 41.9 Å². The van der Waals surface area contributed by atoms with Gasteiger partial charge in [0.05, 0.1) is 25.7 Å². The minimum absolute atomic E-state index is 0.0228. The number of ether oxygens (including phenoxy) is 2. The summed E-state index contributed by atoms with van der Waals surface area (Å²) in [5.41, 5.74) is -1.56. The lowest BCUT2D eigenvalue weighted by Crippen LogP contribution is -2.65. The van der Waals surface area contributed by atoms with Gasteiger partial charge in [0.15, 0.2) is 28.3 Å². The smallest absolute Gasteiger partial charge is 0.470 e. The van der Waals surface area contributed by atoms with E-state index in [2.05, 4.69) is 30.5 Å². The zero-order valence-electron chi connectivity index (χ0n) is 30.9. The van der Waals surface area contributed by atoms with E-state index >= 15 is 0 Å². The molecule has 0 bridgehead atoms. The molecule has 4 aromatic rings. The number of thiazole rings is 1. The molecule has 5 rings (SSSR count). The van der Waals surface area contributed by atoms with E-state index in [4.69, 9.17) is 14.0 Å². The Balaban J connectivity index is 1.24. The van der Waals surface area contributed by atoms with Crippen molar-refractivity contribution in [3.63, 3.8) is 0 Å². The zero-order chi connectivity index (χ0) is 38.8. The van der Waals surface area contributed by atoms with Gasteiger partial charge in [-0.15, -0.1) is 11.3 Å². The number of nitrogens with zero attached hydrogens (tertiary/aromatic N) is 4. The molecule has 4 N–H and O–H groups in total. The monoisotopic (exact) mass is 776 g/mol. The number of carbonyl (C=O) groups excluding carboxylic acids is 1. The number of rotatable bonds is 14. The van der Waals surface area contributed by atoms with E-state index in [-0.39, 0.29) is 18.2 Å². The quantitative estimate of drug-likeness (QED) is 0.0738. The molecule has 1 atom stereocenters. The minimum atomic E-state index is -4.82. The second-order valence-corrected chi connectivity index (χ2v) is 17.3. The fourth-order valence-corrected chi connectivity index (χ4v) is 9.43. The van der Waals surface area contributed by atoms with E-state index in [1.165, 1.54) is 30.8 Å². The molecule has 288 valence electrons. The number of amides is 1. The van der Waals surface area contributed by atoms with Crippen molar-refractivity contribution in [2.75, 3.05) is 37.4 Å². The van der Waals surface area contributed by atoms with Crippen LogP contribution in [0, 0.1) is 22.5 Å². The van der Waals surface area contributed by atoms with Crippen LogP contribution < -0.4 is 20.1 Å². The Morgan fingerprint density at radius 1 is 1.04 bits per heavy atom. The van der Waals surface area contributed by atoms with Crippen LogP contribution in [0.1, 0.15) is 65.7 Å². The van der Waals surface area contributed by atoms with Crippen LogP contribution in [0.25, 0.3) is 10.9 Å². The lowest BCUT2D eigenvalue weighted by molar-refractivity contribution is -0.168. The predicted octanol–water partition coefficient (Wildman–Crippen LogP) is 7.47. The SMILES string of the molecule is COc1cc2c(Nc3ncc(CC(=O)Nc4ccc(F)c(F)c4)s3)ncnc2cc1OCCCN1CCC[C@@H]1C(OP(=O)(O)O)(C(C)(C)C)C(C)(C)C. The average molecular weight is 777 g/mol. The van der Waals surface area contributed by atoms with Crippen LogP contribution in [0.3, 0.4) is 0 Å². The number of aromatic nitrogens is 3. The molecule has 3 heterocycles. The maximum Gasteiger partial charge on any atom is 0.470 e. The molecule has 1 aliphatic heterocycles. The van der Waals surface area contributed by atoms with E-state index in [1.807, 2.05) is 41.5 Å². The summed E-state index contributed by atoms with van der Waals surface area (Å²) in [6.45, 7) is 13.6. The summed E-state index contributed by atoms with van der Waals surface area (Å²) in [5.74, 6) is -1.03. The number of carbonyl (C=O) groups is 1. The highest BCUT2D eigenvalue weighted by Crippen LogP contribution is 2.59. The molecule has 0 unspecified atom stereocenters. The number of nitrogens with one attached hydrogen (secondary N) is 2. The van der Waals surface area contributed by atoms with Gasteiger partial charge in [-0.2, -0.15) is 0 Å². The molecule has 1 aliphatic rings. The molecule has 53 heavy (non-hydrogen) atoms. The molecule has 0 saturated carbocycles. The Morgan fingerprint density at radius 3 is 2.43 bits per heavy atom. The minimum Gasteiger partial charge on any atom is -0.493 e. The third-order valence-corrected chi connectivity index (χ3v) is 10.8. The second-order valence-electron chi connectivity index (χ2n) is 15.1. The number of anilines is 3. The molecular formula is C36H47F2N6O7PS. The van der Waals surface area contributed by atoms with E-state index in [1.54, 1.807) is 18.3 Å². The first-order chi connectivity index (χ1) is 24.8. The number of methoxy groups -OCH3 is 1. The third-order valence-electron chi connectivity index (χ3n) is 9.41. The fourth-order valence-electron chi connectivity index (χ4n) is 7.57. The van der Waals surface area contributed by atoms with Crippen molar-refractivity contribution in [3.05, 3.63) is 59.4 Å². The molecular weight excluding hydrogens is 729 g/mol. The van der Waals surface area contributed by atoms with Crippen molar-refractivity contribution in [2.24, 2.45) is 10.8 Å². The summed E-state index contributed by atoms with van der Waals surface area (Å²) in [4.78, 5) is 48.7. The van der Waals surface area contributed by atoms with E-state index in [0.29, 0.717) is 57.8 Å². The van der Waals surface area contributed by atoms with Crippen molar-refractivity contribution in [3.8, 4) is 11.5 Å². The van der Waals surface area contributed by atoms with Gasteiger partial charge in [0.2, 0.25) is 5.91 Å². The average Bonchev–Trinajstić information content (AvgIpc) is 3.71. The molecule has 1 saturated heterocycles. The Hall–Kier alpha value is -3.79. The maximum absolute atomic E-state index is 13.5. The zero-order valence-corrected chi connectivity index (χ0v) is 32.6. The highest BCUT2D eigenvalue weighted by molar-refractivity contribution is 7.46. The highest BCUT2D eigenvalue weighted by atomic mass is 32.1. The lowest BCUT2D eigenvalue weighted by atomic mass is 9.58. The Kier molecular flexibility index (Phi) is 12.1. The van der Waals surface area contributed by atoms with Crippen molar-refractivity contribution in [1.29, 1.82) is 0 Å². The molecule has 1 amide bonds. The van der Waals surface area contributed by atoms with Crippen molar-refractivity contribution in [1.82, 2.24) is 19.9 Å². The van der Waals surface area contributed by atoms with Gasteiger partial charge < -0.3 is 29.9 Å². The molecule has 0 spiro atoms. The summed E-state index contributed by atoms with van der Waals surface area (Å²) < 4.78 is 56.8. The van der Waals surface area contributed by atoms with Crippen LogP contribution in [-0.4, -0.2) is 74.0 Å². The van der Waals surface area contributed by atoms with Gasteiger partial charge in [-0.25, -0.2) is 28.3 Å². The fraction of sp³-hybridized carbons (Fsp3) is 0.500. The largest absolute Gasteiger partial charge is 0.493 e. The first-order valence-electron chi connectivity index (χ1n) is 17.2. The van der Waals surface area contributed by atoms with Crippen LogP contribution in [-0.2, 0) is 20.3 Å². The summed E-state index contributed by atoms with van der Waals surface area (Å²) in [6, 6.07) is 6.48. The van der Waals surface area contributed by atoms with Gasteiger partial charge in [-0.05, 0) is 54.8 Å². The standard InChI is InChI=1S/C36H47F2N6O7PS/c1-34(2,3)36(35(4,5)6,51-52(46,47)48)30-10-8-13-44(30)14-9-15-50-29-19-27-24(18-28(29)49-7)32(41-21-40-27)43-33-39-20-23(53-33)17-31(45)42-22-11-12-25(37)26(38)16-22/h11-12,16,18-21,30H,8-10,13-15,17H2,1-7H3,(H,42,45)(H2,46,47,48)(H,39,40,41,43)/t30-/m1/s1. The van der Waals surface area contributed by atoms with Gasteiger partial charge in [0, 0.05) is 46.9 Å². The van der Waals surface area contributed by atoms with Crippen LogP contribution in [0.15, 0.2) is 42.9 Å². The molecule has 17 heteroatoms. The van der Waals surface area contributed by atoms with Crippen LogP contribution >= 0.6 is 19.2 Å². The lowest BCUT2D eigenvalue weighted by Gasteiger charge is -2.57. The summed E-state index contributed by atoms with van der Waals surface area (Å²) >= 11 is 1.24. The van der Waals surface area contributed by atoms with Gasteiger partial charge >= 0.3 is 7.82 Å². The number of phosphoric ester groups is 1. The Labute approximate surface area is 311 Å². The second kappa shape index (κ2) is 15.9. The summed E-state index contributed by atoms with van der Waals surface area (Å²) in [7, 11) is -3.28. The Bertz CT molecular complexity index is 1970. The number of fused-ring (bicyclic) bond motifs is 1. The van der Waals surface area contributed by atoms with Crippen LogP contribution in [0.5, 0.6) is 11.5 Å². The topological polar surface area (TPSA) is 168 Å². The first-order valence-corrected chi connectivity index (χ1v) is 19.6. The maximum atomic E-state index is 13.5. The van der Waals surface area contributed by atoms with E-state index in [9.17, 15) is 27.9 Å². The number of phosphoric acid groups is 1. The molecule has 13 nitrogen and oxygen atoms in total. The Morgan fingerprint density at radius 2 is 1.77 bits per heavy atom. The van der Waals surface area contributed by atoms with Crippen LogP contribution in [0.4, 0.5) is 25.4 Å². The molecule has 0 radical (unpaired) electrons. The predicted molar refractivity (Wildman–Crippen MR) is 200 cm³/mol. The summed E-state index contributed by atoms with van der Waals surface area (Å²) in [6.07, 6.45) is 5.21. The number of hydrogen-bond acceptors (Lipinski definition) is 11. The van der Waals surface area contributed by atoms with E-state index < -0.39 is 41.8 Å². The van der Waals surface area contributed by atoms with Gasteiger partial charge in [0.25, 0.3) is 0 Å². The van der Waals surface area contributed by atoms with Crippen LogP contribution in [0.2, 0.25) is 0 Å².